The first-order chi connectivity index (χ1) is 15.8. The molecule has 7 heteroatoms. The highest BCUT2D eigenvalue weighted by Crippen LogP contribution is 2.31. The van der Waals surface area contributed by atoms with E-state index in [9.17, 15) is 17.6 Å². The lowest BCUT2D eigenvalue weighted by atomic mass is 10.1. The maximum atomic E-state index is 13.5. The number of carbonyl (C=O) groups excluding carboxylic acids is 1. The van der Waals surface area contributed by atoms with Gasteiger partial charge in [0, 0.05) is 23.8 Å². The molecule has 1 N–H and O–H groups in total. The number of hydrogen-bond donors (Lipinski definition) is 1. The number of imidazole rings is 1. The molecule has 0 radical (unpaired) electrons. The second-order valence-corrected chi connectivity index (χ2v) is 9.93. The maximum Gasteiger partial charge on any atom is 0.175 e. The Morgan fingerprint density at radius 2 is 1.55 bits per heavy atom. The van der Waals surface area contributed by atoms with Gasteiger partial charge in [0.2, 0.25) is 0 Å². The zero-order chi connectivity index (χ0) is 23.4. The van der Waals surface area contributed by atoms with E-state index in [0.29, 0.717) is 41.2 Å². The Labute approximate surface area is 192 Å². The van der Waals surface area contributed by atoms with Crippen LogP contribution in [-0.2, 0) is 27.5 Å². The molecule has 1 aromatic heterocycles. The molecule has 0 fully saturated rings. The summed E-state index contributed by atoms with van der Waals surface area (Å²) in [5, 5.41) is 0. The quantitative estimate of drug-likeness (QED) is 0.398. The van der Waals surface area contributed by atoms with E-state index in [-0.39, 0.29) is 22.9 Å². The van der Waals surface area contributed by atoms with E-state index in [1.807, 2.05) is 30.3 Å². The molecular formula is C26H23FN2O3S. The minimum atomic E-state index is -3.32. The summed E-state index contributed by atoms with van der Waals surface area (Å²) in [5.41, 5.74) is 3.74. The number of ketones is 1. The topological polar surface area (TPSA) is 79.9 Å². The van der Waals surface area contributed by atoms with Gasteiger partial charge < -0.3 is 4.98 Å². The summed E-state index contributed by atoms with van der Waals surface area (Å²) < 4.78 is 37.0. The van der Waals surface area contributed by atoms with E-state index in [0.717, 1.165) is 11.8 Å². The molecule has 0 bridgehead atoms. The average Bonchev–Trinajstić information content (AvgIpc) is 3.22. The molecule has 0 unspecified atom stereocenters. The van der Waals surface area contributed by atoms with E-state index in [1.165, 1.54) is 24.3 Å². The third-order valence-corrected chi connectivity index (χ3v) is 6.47. The summed E-state index contributed by atoms with van der Waals surface area (Å²) in [6.45, 7) is 0. The van der Waals surface area contributed by atoms with Crippen molar-refractivity contribution in [3.05, 3.63) is 96.1 Å². The molecule has 4 rings (SSSR count). The fourth-order valence-electron chi connectivity index (χ4n) is 3.60. The average molecular weight is 463 g/mol. The molecule has 0 saturated carbocycles. The second kappa shape index (κ2) is 9.50. The van der Waals surface area contributed by atoms with Crippen molar-refractivity contribution in [3.8, 4) is 22.5 Å². The van der Waals surface area contributed by atoms with Crippen LogP contribution in [0.3, 0.4) is 0 Å². The van der Waals surface area contributed by atoms with Crippen molar-refractivity contribution in [3.63, 3.8) is 0 Å². The maximum absolute atomic E-state index is 13.5. The van der Waals surface area contributed by atoms with Gasteiger partial charge >= 0.3 is 0 Å². The highest BCUT2D eigenvalue weighted by molar-refractivity contribution is 7.90. The van der Waals surface area contributed by atoms with Crippen LogP contribution in [-0.4, -0.2) is 30.4 Å². The molecule has 4 aromatic rings. The van der Waals surface area contributed by atoms with E-state index in [1.54, 1.807) is 24.3 Å². The second-order valence-electron chi connectivity index (χ2n) is 7.91. The Morgan fingerprint density at radius 3 is 2.18 bits per heavy atom. The van der Waals surface area contributed by atoms with Gasteiger partial charge in [0.05, 0.1) is 22.7 Å². The summed E-state index contributed by atoms with van der Waals surface area (Å²) in [6, 6.07) is 22.2. The van der Waals surface area contributed by atoms with Crippen LogP contribution in [0.4, 0.5) is 4.39 Å². The fraction of sp³-hybridized carbons (Fsp3) is 0.154. The fourth-order valence-corrected chi connectivity index (χ4v) is 4.23. The first kappa shape index (κ1) is 22.6. The molecule has 0 aliphatic heterocycles. The van der Waals surface area contributed by atoms with E-state index in [2.05, 4.69) is 9.97 Å². The number of sulfone groups is 1. The Kier molecular flexibility index (Phi) is 6.51. The summed E-state index contributed by atoms with van der Waals surface area (Å²) >= 11 is 0. The summed E-state index contributed by atoms with van der Waals surface area (Å²) in [7, 11) is -3.32. The molecule has 168 valence electrons. The minimum Gasteiger partial charge on any atom is -0.341 e. The summed E-state index contributed by atoms with van der Waals surface area (Å²) in [6.07, 6.45) is 2.35. The molecule has 5 nitrogen and oxygen atoms in total. The molecule has 0 spiro atoms. The largest absolute Gasteiger partial charge is 0.341 e. The van der Waals surface area contributed by atoms with Crippen LogP contribution in [0.1, 0.15) is 17.8 Å². The van der Waals surface area contributed by atoms with Gasteiger partial charge in [-0.25, -0.2) is 17.8 Å². The zero-order valence-corrected chi connectivity index (χ0v) is 18.9. The Bertz CT molecular complexity index is 1360. The normalized spacial score (nSPS) is 11.5. The molecule has 1 heterocycles. The van der Waals surface area contributed by atoms with Gasteiger partial charge in [-0.1, -0.05) is 42.5 Å². The third kappa shape index (κ3) is 5.62. The number of hydrogen-bond acceptors (Lipinski definition) is 4. The standard InChI is InChI=1S/C26H23FN2O3S/c1-33(31,32)23-15-10-20(11-16-23)26-25(19-8-12-21(27)13-9-19)28-24(29-26)17-22(30)14-7-18-5-3-2-4-6-18/h2-6,8-13,15-16H,7,14,17H2,1H3,(H,28,29). The predicted molar refractivity (Wildman–Crippen MR) is 126 cm³/mol. The van der Waals surface area contributed by atoms with Crippen LogP contribution in [0, 0.1) is 5.82 Å². The first-order valence-electron chi connectivity index (χ1n) is 10.5. The Hall–Kier alpha value is -3.58. The highest BCUT2D eigenvalue weighted by Gasteiger charge is 2.17. The summed E-state index contributed by atoms with van der Waals surface area (Å²) in [5.74, 6) is 0.209. The summed E-state index contributed by atoms with van der Waals surface area (Å²) in [4.78, 5) is 20.7. The van der Waals surface area contributed by atoms with Gasteiger partial charge in [0.1, 0.15) is 17.4 Å². The van der Waals surface area contributed by atoms with E-state index in [4.69, 9.17) is 0 Å². The number of aromatic nitrogens is 2. The predicted octanol–water partition coefficient (Wildman–Crippen LogP) is 5.03. The van der Waals surface area contributed by atoms with Crippen molar-refractivity contribution in [1.82, 2.24) is 9.97 Å². The molecular weight excluding hydrogens is 439 g/mol. The number of nitrogens with one attached hydrogen (secondary N) is 1. The van der Waals surface area contributed by atoms with Crippen LogP contribution < -0.4 is 0 Å². The molecule has 3 aromatic carbocycles. The van der Waals surface area contributed by atoms with Crippen molar-refractivity contribution in [1.29, 1.82) is 0 Å². The van der Waals surface area contributed by atoms with Gasteiger partial charge in [-0.05, 0) is 48.4 Å². The number of benzene rings is 3. The van der Waals surface area contributed by atoms with Crippen molar-refractivity contribution >= 4 is 15.6 Å². The van der Waals surface area contributed by atoms with Crippen LogP contribution in [0.5, 0.6) is 0 Å². The molecule has 0 atom stereocenters. The number of rotatable bonds is 8. The highest BCUT2D eigenvalue weighted by atomic mass is 32.2. The number of Topliss-reactive ketones (excluding diaryl/α,β-unsaturated/α-hetero) is 1. The number of aryl methyl sites for hydroxylation is 1. The Morgan fingerprint density at radius 1 is 0.909 bits per heavy atom. The molecule has 0 aliphatic rings. The van der Waals surface area contributed by atoms with Gasteiger partial charge in [0.15, 0.2) is 9.84 Å². The molecule has 0 amide bonds. The number of nitrogens with zero attached hydrogens (tertiary/aromatic N) is 1. The lowest BCUT2D eigenvalue weighted by Crippen LogP contribution is -2.05. The van der Waals surface area contributed by atoms with Crippen LogP contribution in [0.25, 0.3) is 22.5 Å². The zero-order valence-electron chi connectivity index (χ0n) is 18.1. The van der Waals surface area contributed by atoms with Crippen molar-refractivity contribution in [2.24, 2.45) is 0 Å². The Balaban J connectivity index is 1.62. The van der Waals surface area contributed by atoms with Gasteiger partial charge in [-0.2, -0.15) is 0 Å². The van der Waals surface area contributed by atoms with Crippen molar-refractivity contribution in [2.75, 3.05) is 6.26 Å². The minimum absolute atomic E-state index is 0.0530. The molecule has 0 saturated heterocycles. The number of carbonyl (C=O) groups is 1. The SMILES string of the molecule is CS(=O)(=O)c1ccc(-c2nc(CC(=O)CCc3ccccc3)[nH]c2-c2ccc(F)cc2)cc1. The van der Waals surface area contributed by atoms with E-state index >= 15 is 0 Å². The van der Waals surface area contributed by atoms with E-state index < -0.39 is 9.84 Å². The number of aromatic amines is 1. The van der Waals surface area contributed by atoms with Gasteiger partial charge in [0.25, 0.3) is 0 Å². The van der Waals surface area contributed by atoms with Crippen LogP contribution >= 0.6 is 0 Å². The van der Waals surface area contributed by atoms with Gasteiger partial charge in [-0.15, -0.1) is 0 Å². The monoisotopic (exact) mass is 462 g/mol. The number of halogens is 1. The smallest absolute Gasteiger partial charge is 0.175 e. The molecule has 33 heavy (non-hydrogen) atoms. The van der Waals surface area contributed by atoms with Gasteiger partial charge in [-0.3, -0.25) is 4.79 Å². The van der Waals surface area contributed by atoms with Crippen molar-refractivity contribution < 1.29 is 17.6 Å². The number of H-pyrrole nitrogens is 1. The lowest BCUT2D eigenvalue weighted by molar-refractivity contribution is -0.118. The van der Waals surface area contributed by atoms with Crippen molar-refractivity contribution in [2.45, 2.75) is 24.2 Å². The van der Waals surface area contributed by atoms with Crippen LogP contribution in [0.15, 0.2) is 83.8 Å². The first-order valence-corrected chi connectivity index (χ1v) is 12.4. The third-order valence-electron chi connectivity index (χ3n) is 5.34. The van der Waals surface area contributed by atoms with Crippen LogP contribution in [0.2, 0.25) is 0 Å². The molecule has 0 aliphatic carbocycles. The lowest BCUT2D eigenvalue weighted by Gasteiger charge is -2.04.